The summed E-state index contributed by atoms with van der Waals surface area (Å²) in [7, 11) is 1.55. The Kier molecular flexibility index (Phi) is 5.80. The Hall–Kier alpha value is -1.99. The van der Waals surface area contributed by atoms with Gasteiger partial charge in [-0.25, -0.2) is 14.5 Å². The molecule has 5 nitrogen and oxygen atoms in total. The van der Waals surface area contributed by atoms with E-state index in [9.17, 15) is 14.0 Å². The first-order chi connectivity index (χ1) is 9.56. The molecule has 1 aromatic heterocycles. The Labute approximate surface area is 132 Å². The highest BCUT2D eigenvalue weighted by Gasteiger charge is 2.20. The molecule has 112 valence electrons. The maximum absolute atomic E-state index is 13.7. The summed E-state index contributed by atoms with van der Waals surface area (Å²) in [6.45, 7) is 1.36. The fraction of sp³-hybridized carbons (Fsp3) is 0.143. The second kappa shape index (κ2) is 7.14. The summed E-state index contributed by atoms with van der Waals surface area (Å²) >= 11 is 0. The summed E-state index contributed by atoms with van der Waals surface area (Å²) in [6, 6.07) is 8.88. The van der Waals surface area contributed by atoms with Crippen LogP contribution in [0.15, 0.2) is 42.6 Å². The molecule has 0 fully saturated rings. The topological polar surface area (TPSA) is 54.3 Å². The van der Waals surface area contributed by atoms with E-state index in [1.807, 2.05) is 0 Å². The first-order valence-electron chi connectivity index (χ1n) is 6.01. The van der Waals surface area contributed by atoms with Gasteiger partial charge in [-0.2, -0.15) is 5.12 Å². The van der Waals surface area contributed by atoms with Crippen LogP contribution < -0.4 is 10.5 Å². The molecule has 1 heterocycles. The molecule has 0 radical (unpaired) electrons. The fourth-order valence-corrected chi connectivity index (χ4v) is 1.93. The number of ketones is 1. The zero-order valence-electron chi connectivity index (χ0n) is 11.5. The standard InChI is InChI=1S/C14H14FN3O2.BrH/c1-10(19)18(16-2)17-9-5-8-13(17)14(20)11-6-3-4-7-12(11)15;/h3-9,16H,1-2H3;1H. The van der Waals surface area contributed by atoms with Crippen LogP contribution in [0.25, 0.3) is 0 Å². The molecule has 0 spiro atoms. The van der Waals surface area contributed by atoms with Crippen LogP contribution in [-0.4, -0.2) is 23.4 Å². The Morgan fingerprint density at radius 1 is 1.19 bits per heavy atom. The van der Waals surface area contributed by atoms with Crippen LogP contribution in [0.3, 0.4) is 0 Å². The molecular formula is C14H15BrFN3O2. The van der Waals surface area contributed by atoms with Gasteiger partial charge < -0.3 is 0 Å². The third-order valence-electron chi connectivity index (χ3n) is 2.80. The second-order valence-corrected chi connectivity index (χ2v) is 4.10. The van der Waals surface area contributed by atoms with Crippen LogP contribution in [-0.2, 0) is 4.79 Å². The number of benzene rings is 1. The van der Waals surface area contributed by atoms with Crippen LogP contribution in [0.4, 0.5) is 4.39 Å². The van der Waals surface area contributed by atoms with Gasteiger partial charge in [0.15, 0.2) is 0 Å². The fourth-order valence-electron chi connectivity index (χ4n) is 1.93. The van der Waals surface area contributed by atoms with Crippen molar-refractivity contribution < 1.29 is 14.0 Å². The molecule has 0 saturated carbocycles. The summed E-state index contributed by atoms with van der Waals surface area (Å²) in [5, 5.41) is 1.16. The van der Waals surface area contributed by atoms with E-state index in [1.54, 1.807) is 25.4 Å². The van der Waals surface area contributed by atoms with Gasteiger partial charge >= 0.3 is 0 Å². The van der Waals surface area contributed by atoms with Gasteiger partial charge in [-0.1, -0.05) is 12.1 Å². The van der Waals surface area contributed by atoms with Gasteiger partial charge in [0.25, 0.3) is 5.91 Å². The molecule has 21 heavy (non-hydrogen) atoms. The molecule has 0 unspecified atom stereocenters. The van der Waals surface area contributed by atoms with Gasteiger partial charge in [-0.15, -0.1) is 17.0 Å². The van der Waals surface area contributed by atoms with Gasteiger partial charge in [0, 0.05) is 20.2 Å². The molecule has 1 amide bonds. The molecule has 2 aromatic rings. The van der Waals surface area contributed by atoms with Gasteiger partial charge in [0.1, 0.15) is 11.5 Å². The molecule has 1 N–H and O–H groups in total. The van der Waals surface area contributed by atoms with E-state index in [1.165, 1.54) is 35.9 Å². The van der Waals surface area contributed by atoms with E-state index >= 15 is 0 Å². The first-order valence-corrected chi connectivity index (χ1v) is 6.01. The number of carbonyl (C=O) groups excluding carboxylic acids is 2. The predicted molar refractivity (Wildman–Crippen MR) is 82.5 cm³/mol. The maximum Gasteiger partial charge on any atom is 0.253 e. The number of nitrogens with zero attached hydrogens (tertiary/aromatic N) is 2. The van der Waals surface area contributed by atoms with Crippen LogP contribution >= 0.6 is 17.0 Å². The van der Waals surface area contributed by atoms with E-state index in [0.29, 0.717) is 0 Å². The summed E-state index contributed by atoms with van der Waals surface area (Å²) in [6.07, 6.45) is 1.55. The van der Waals surface area contributed by atoms with Gasteiger partial charge in [0.05, 0.1) is 5.56 Å². The average Bonchev–Trinajstić information content (AvgIpc) is 2.88. The number of hydrogen-bond donors (Lipinski definition) is 1. The quantitative estimate of drug-likeness (QED) is 0.674. The van der Waals surface area contributed by atoms with Crippen molar-refractivity contribution in [3.8, 4) is 0 Å². The zero-order chi connectivity index (χ0) is 14.7. The lowest BCUT2D eigenvalue weighted by Crippen LogP contribution is -2.48. The van der Waals surface area contributed by atoms with Crippen molar-refractivity contribution in [1.82, 2.24) is 10.1 Å². The number of aromatic nitrogens is 1. The second-order valence-electron chi connectivity index (χ2n) is 4.10. The van der Waals surface area contributed by atoms with E-state index in [4.69, 9.17) is 0 Å². The van der Waals surface area contributed by atoms with Crippen molar-refractivity contribution in [1.29, 1.82) is 0 Å². The molecule has 0 aliphatic heterocycles. The molecule has 0 atom stereocenters. The highest BCUT2D eigenvalue weighted by Crippen LogP contribution is 2.14. The number of amides is 1. The summed E-state index contributed by atoms with van der Waals surface area (Å²) in [4.78, 5) is 23.9. The molecule has 0 saturated heterocycles. The lowest BCUT2D eigenvalue weighted by atomic mass is 10.1. The predicted octanol–water partition coefficient (Wildman–Crippen LogP) is 2.05. The zero-order valence-corrected chi connectivity index (χ0v) is 13.3. The third-order valence-corrected chi connectivity index (χ3v) is 2.80. The Bertz CT molecular complexity index is 657. The number of hydrazine groups is 1. The molecule has 0 bridgehead atoms. The van der Waals surface area contributed by atoms with Crippen molar-refractivity contribution in [2.75, 3.05) is 12.2 Å². The van der Waals surface area contributed by atoms with Crippen molar-refractivity contribution in [2.45, 2.75) is 6.92 Å². The van der Waals surface area contributed by atoms with Gasteiger partial charge in [-0.3, -0.25) is 9.59 Å². The number of hydrogen-bond acceptors (Lipinski definition) is 3. The number of halogens is 2. The molecule has 7 heteroatoms. The minimum atomic E-state index is -0.593. The van der Waals surface area contributed by atoms with Crippen LogP contribution in [0.5, 0.6) is 0 Å². The van der Waals surface area contributed by atoms with E-state index in [-0.39, 0.29) is 34.1 Å². The highest BCUT2D eigenvalue weighted by molar-refractivity contribution is 8.93. The number of nitrogens with one attached hydrogen (secondary N) is 1. The third kappa shape index (κ3) is 3.37. The van der Waals surface area contributed by atoms with E-state index in [0.717, 1.165) is 5.12 Å². The Morgan fingerprint density at radius 3 is 2.43 bits per heavy atom. The molecule has 1 aromatic carbocycles. The number of rotatable bonds is 4. The van der Waals surface area contributed by atoms with E-state index < -0.39 is 11.6 Å². The summed E-state index contributed by atoms with van der Waals surface area (Å²) < 4.78 is 15.0. The normalized spacial score (nSPS) is 9.86. The summed E-state index contributed by atoms with van der Waals surface area (Å²) in [5.41, 5.74) is 2.83. The van der Waals surface area contributed by atoms with Gasteiger partial charge in [-0.05, 0) is 24.3 Å². The minimum absolute atomic E-state index is 0. The van der Waals surface area contributed by atoms with Crippen LogP contribution in [0, 0.1) is 5.82 Å². The molecule has 0 aliphatic rings. The molecule has 2 rings (SSSR count). The minimum Gasteiger partial charge on any atom is -0.287 e. The first kappa shape index (κ1) is 17.1. The lowest BCUT2D eigenvalue weighted by Gasteiger charge is -2.22. The maximum atomic E-state index is 13.7. The van der Waals surface area contributed by atoms with Gasteiger partial charge in [0.2, 0.25) is 5.78 Å². The van der Waals surface area contributed by atoms with E-state index in [2.05, 4.69) is 5.43 Å². The Morgan fingerprint density at radius 2 is 1.86 bits per heavy atom. The average molecular weight is 356 g/mol. The molecular weight excluding hydrogens is 341 g/mol. The molecule has 0 aliphatic carbocycles. The lowest BCUT2D eigenvalue weighted by molar-refractivity contribution is -0.118. The van der Waals surface area contributed by atoms with Crippen molar-refractivity contribution >= 4 is 28.7 Å². The summed E-state index contributed by atoms with van der Waals surface area (Å²) in [5.74, 6) is -1.38. The van der Waals surface area contributed by atoms with Crippen molar-refractivity contribution in [2.24, 2.45) is 0 Å². The smallest absolute Gasteiger partial charge is 0.253 e. The largest absolute Gasteiger partial charge is 0.287 e. The van der Waals surface area contributed by atoms with Crippen LogP contribution in [0.1, 0.15) is 23.0 Å². The Balaban J connectivity index is 0.00000220. The monoisotopic (exact) mass is 355 g/mol. The van der Waals surface area contributed by atoms with Crippen molar-refractivity contribution in [3.05, 3.63) is 59.7 Å². The number of carbonyl (C=O) groups is 2. The van der Waals surface area contributed by atoms with Crippen LogP contribution in [0.2, 0.25) is 0 Å². The highest BCUT2D eigenvalue weighted by atomic mass is 79.9. The van der Waals surface area contributed by atoms with Crippen molar-refractivity contribution in [3.63, 3.8) is 0 Å². The SMILES string of the molecule is Br.CNN(C(C)=O)n1cccc1C(=O)c1ccccc1F.